The van der Waals surface area contributed by atoms with Crippen molar-refractivity contribution in [2.45, 2.75) is 47.0 Å². The van der Waals surface area contributed by atoms with Gasteiger partial charge >= 0.3 is 0 Å². The van der Waals surface area contributed by atoms with Crippen LogP contribution in [-0.2, 0) is 11.2 Å². The Balaban J connectivity index is 1.53. The van der Waals surface area contributed by atoms with Gasteiger partial charge < -0.3 is 9.80 Å². The molecule has 32 heavy (non-hydrogen) atoms. The number of benzene rings is 2. The van der Waals surface area contributed by atoms with Crippen LogP contribution in [0, 0.1) is 27.7 Å². The van der Waals surface area contributed by atoms with Crippen molar-refractivity contribution in [2.24, 2.45) is 0 Å². The number of aryl methyl sites for hydroxylation is 4. The molecule has 0 atom stereocenters. The Morgan fingerprint density at radius 1 is 0.812 bits per heavy atom. The molecule has 0 bridgehead atoms. The molecule has 0 radical (unpaired) electrons. The molecule has 0 saturated carbocycles. The monoisotopic (exact) mass is 428 g/mol. The van der Waals surface area contributed by atoms with Gasteiger partial charge in [-0.05, 0) is 75.9 Å². The predicted molar refractivity (Wildman–Crippen MR) is 126 cm³/mol. The second kappa shape index (κ2) is 7.62. The van der Waals surface area contributed by atoms with Gasteiger partial charge in [0.25, 0.3) is 5.91 Å². The number of hydrogen-bond acceptors (Lipinski definition) is 3. The Morgan fingerprint density at radius 2 is 1.56 bits per heavy atom. The predicted octanol–water partition coefficient (Wildman–Crippen LogP) is 4.44. The molecule has 0 aliphatic carbocycles. The molecule has 164 valence electrons. The summed E-state index contributed by atoms with van der Waals surface area (Å²) >= 11 is 0. The first-order chi connectivity index (χ1) is 15.3. The zero-order valence-corrected chi connectivity index (χ0v) is 19.1. The van der Waals surface area contributed by atoms with Gasteiger partial charge in [0.2, 0.25) is 5.91 Å². The summed E-state index contributed by atoms with van der Waals surface area (Å²) in [6, 6.07) is 12.2. The van der Waals surface area contributed by atoms with Crippen molar-refractivity contribution < 1.29 is 9.59 Å². The SMILES string of the molecule is Cc1ccc(-n2nc(C)c3c2C(=O)N(c2ccc(N4CCCC4=O)cc2C)CC3)c(C)c1. The average Bonchev–Trinajstić information content (AvgIpc) is 3.32. The van der Waals surface area contributed by atoms with Crippen LogP contribution in [0.3, 0.4) is 0 Å². The number of hydrogen-bond donors (Lipinski definition) is 0. The van der Waals surface area contributed by atoms with E-state index in [4.69, 9.17) is 5.10 Å². The molecular formula is C26H28N4O2. The highest BCUT2D eigenvalue weighted by Gasteiger charge is 2.33. The summed E-state index contributed by atoms with van der Waals surface area (Å²) in [5, 5.41) is 4.75. The molecule has 1 aromatic heterocycles. The minimum absolute atomic E-state index is 0.0278. The third-order valence-electron chi connectivity index (χ3n) is 6.65. The number of anilines is 2. The highest BCUT2D eigenvalue weighted by Crippen LogP contribution is 2.33. The molecule has 3 aromatic rings. The van der Waals surface area contributed by atoms with Gasteiger partial charge in [0.05, 0.1) is 11.4 Å². The van der Waals surface area contributed by atoms with Crippen molar-refractivity contribution in [3.63, 3.8) is 0 Å². The van der Waals surface area contributed by atoms with Gasteiger partial charge in [-0.15, -0.1) is 0 Å². The molecule has 0 N–H and O–H groups in total. The van der Waals surface area contributed by atoms with E-state index in [-0.39, 0.29) is 11.8 Å². The Kier molecular flexibility index (Phi) is 4.88. The van der Waals surface area contributed by atoms with Gasteiger partial charge in [-0.25, -0.2) is 4.68 Å². The average molecular weight is 429 g/mol. The van der Waals surface area contributed by atoms with Gasteiger partial charge in [0.15, 0.2) is 0 Å². The number of fused-ring (bicyclic) bond motifs is 1. The summed E-state index contributed by atoms with van der Waals surface area (Å²) in [4.78, 5) is 29.6. The lowest BCUT2D eigenvalue weighted by molar-refractivity contribution is -0.117. The smallest absolute Gasteiger partial charge is 0.277 e. The molecule has 2 aliphatic rings. The van der Waals surface area contributed by atoms with E-state index in [2.05, 4.69) is 26.0 Å². The van der Waals surface area contributed by atoms with E-state index in [1.807, 2.05) is 52.6 Å². The van der Waals surface area contributed by atoms with Crippen LogP contribution in [0.4, 0.5) is 11.4 Å². The maximum Gasteiger partial charge on any atom is 0.277 e. The molecule has 1 saturated heterocycles. The Bertz CT molecular complexity index is 1260. The minimum atomic E-state index is -0.0278. The van der Waals surface area contributed by atoms with Crippen molar-refractivity contribution in [3.05, 3.63) is 70.0 Å². The van der Waals surface area contributed by atoms with Crippen LogP contribution >= 0.6 is 0 Å². The lowest BCUT2D eigenvalue weighted by atomic mass is 10.0. The van der Waals surface area contributed by atoms with E-state index in [1.54, 1.807) is 0 Å². The number of carbonyl (C=O) groups excluding carboxylic acids is 2. The molecule has 1 fully saturated rings. The van der Waals surface area contributed by atoms with Crippen LogP contribution in [0.15, 0.2) is 36.4 Å². The fraction of sp³-hybridized carbons (Fsp3) is 0.346. The standard InChI is InChI=1S/C26H28N4O2/c1-16-7-9-23(17(2)14-16)30-25-21(19(4)27-30)11-13-29(26(25)32)22-10-8-20(15-18(22)3)28-12-5-6-24(28)31/h7-10,14-15H,5-6,11-13H2,1-4H3. The van der Waals surface area contributed by atoms with Crippen molar-refractivity contribution in [1.82, 2.24) is 9.78 Å². The summed E-state index contributed by atoms with van der Waals surface area (Å²) in [5.74, 6) is 0.142. The van der Waals surface area contributed by atoms with Crippen LogP contribution < -0.4 is 9.80 Å². The number of aromatic nitrogens is 2. The van der Waals surface area contributed by atoms with E-state index in [0.29, 0.717) is 18.7 Å². The number of amides is 2. The van der Waals surface area contributed by atoms with Gasteiger partial charge in [-0.3, -0.25) is 9.59 Å². The van der Waals surface area contributed by atoms with Crippen molar-refractivity contribution >= 4 is 23.2 Å². The molecule has 2 aliphatic heterocycles. The van der Waals surface area contributed by atoms with E-state index in [1.165, 1.54) is 5.56 Å². The van der Waals surface area contributed by atoms with Crippen LogP contribution in [0.1, 0.15) is 51.3 Å². The summed E-state index contributed by atoms with van der Waals surface area (Å²) in [6.45, 7) is 9.49. The van der Waals surface area contributed by atoms with Crippen molar-refractivity contribution in [3.8, 4) is 5.69 Å². The molecule has 0 unspecified atom stereocenters. The minimum Gasteiger partial charge on any atom is -0.312 e. The first-order valence-electron chi connectivity index (χ1n) is 11.2. The Hall–Kier alpha value is -3.41. The maximum absolute atomic E-state index is 13.7. The second-order valence-corrected chi connectivity index (χ2v) is 8.94. The number of nitrogens with zero attached hydrogens (tertiary/aromatic N) is 4. The molecule has 5 rings (SSSR count). The van der Waals surface area contributed by atoms with Crippen molar-refractivity contribution in [1.29, 1.82) is 0 Å². The fourth-order valence-corrected chi connectivity index (χ4v) is 5.01. The molecule has 6 nitrogen and oxygen atoms in total. The van der Waals surface area contributed by atoms with Gasteiger partial charge in [-0.1, -0.05) is 17.7 Å². The largest absolute Gasteiger partial charge is 0.312 e. The maximum atomic E-state index is 13.7. The first kappa shape index (κ1) is 20.5. The van der Waals surface area contributed by atoms with Gasteiger partial charge in [0, 0.05) is 36.4 Å². The van der Waals surface area contributed by atoms with Crippen LogP contribution in [0.25, 0.3) is 5.69 Å². The quantitative estimate of drug-likeness (QED) is 0.620. The molecular weight excluding hydrogens is 400 g/mol. The second-order valence-electron chi connectivity index (χ2n) is 8.94. The zero-order chi connectivity index (χ0) is 22.6. The molecule has 0 spiro atoms. The van der Waals surface area contributed by atoms with E-state index in [0.717, 1.165) is 58.8 Å². The Labute approximate surface area is 188 Å². The fourth-order valence-electron chi connectivity index (χ4n) is 5.01. The highest BCUT2D eigenvalue weighted by atomic mass is 16.2. The van der Waals surface area contributed by atoms with Crippen molar-refractivity contribution in [2.75, 3.05) is 22.9 Å². The van der Waals surface area contributed by atoms with E-state index >= 15 is 0 Å². The Morgan fingerprint density at radius 3 is 2.25 bits per heavy atom. The number of carbonyl (C=O) groups is 2. The van der Waals surface area contributed by atoms with Gasteiger partial charge in [0.1, 0.15) is 5.69 Å². The third kappa shape index (κ3) is 3.22. The van der Waals surface area contributed by atoms with Gasteiger partial charge in [-0.2, -0.15) is 5.10 Å². The molecule has 2 aromatic carbocycles. The summed E-state index contributed by atoms with van der Waals surface area (Å²) < 4.78 is 1.82. The third-order valence-corrected chi connectivity index (χ3v) is 6.65. The lowest BCUT2D eigenvalue weighted by Gasteiger charge is -2.30. The first-order valence-corrected chi connectivity index (χ1v) is 11.2. The van der Waals surface area contributed by atoms with Crippen LogP contribution in [-0.4, -0.2) is 34.7 Å². The lowest BCUT2D eigenvalue weighted by Crippen LogP contribution is -2.39. The topological polar surface area (TPSA) is 58.4 Å². The van der Waals surface area contributed by atoms with E-state index < -0.39 is 0 Å². The summed E-state index contributed by atoms with van der Waals surface area (Å²) in [5.41, 5.74) is 8.61. The normalized spacial score (nSPS) is 16.1. The number of rotatable bonds is 3. The molecule has 2 amide bonds. The summed E-state index contributed by atoms with van der Waals surface area (Å²) in [6.07, 6.45) is 2.27. The summed E-state index contributed by atoms with van der Waals surface area (Å²) in [7, 11) is 0. The van der Waals surface area contributed by atoms with Crippen LogP contribution in [0.2, 0.25) is 0 Å². The molecule has 6 heteroatoms. The van der Waals surface area contributed by atoms with Crippen LogP contribution in [0.5, 0.6) is 0 Å². The molecule has 3 heterocycles. The highest BCUT2D eigenvalue weighted by molar-refractivity contribution is 6.08. The zero-order valence-electron chi connectivity index (χ0n) is 19.1. The van der Waals surface area contributed by atoms with E-state index in [9.17, 15) is 9.59 Å².